The number of ether oxygens (including phenoxy) is 1. The number of hydrogen-bond donors (Lipinski definition) is 1. The summed E-state index contributed by atoms with van der Waals surface area (Å²) < 4.78 is 4.60. The molecule has 0 rings (SSSR count). The van der Waals surface area contributed by atoms with Crippen molar-refractivity contribution >= 4 is 11.9 Å². The number of methoxy groups -OCH3 is 1. The SMILES string of the molecule is CCC(CC)C(=O)NC(CC)C(=O)OC. The van der Waals surface area contributed by atoms with Gasteiger partial charge in [-0.15, -0.1) is 0 Å². The molecule has 4 nitrogen and oxygen atoms in total. The molecule has 0 spiro atoms. The fourth-order valence-electron chi connectivity index (χ4n) is 1.42. The summed E-state index contributed by atoms with van der Waals surface area (Å²) in [5, 5.41) is 2.71. The highest BCUT2D eigenvalue weighted by Gasteiger charge is 2.22. The first-order valence-electron chi connectivity index (χ1n) is 5.48. The van der Waals surface area contributed by atoms with E-state index in [1.54, 1.807) is 0 Å². The topological polar surface area (TPSA) is 55.4 Å². The van der Waals surface area contributed by atoms with E-state index in [9.17, 15) is 9.59 Å². The molecule has 0 radical (unpaired) electrons. The van der Waals surface area contributed by atoms with E-state index < -0.39 is 6.04 Å². The van der Waals surface area contributed by atoms with Gasteiger partial charge in [-0.05, 0) is 19.3 Å². The summed E-state index contributed by atoms with van der Waals surface area (Å²) in [6, 6.07) is -0.511. The summed E-state index contributed by atoms with van der Waals surface area (Å²) in [4.78, 5) is 22.9. The van der Waals surface area contributed by atoms with Gasteiger partial charge in [0.05, 0.1) is 7.11 Å². The maximum Gasteiger partial charge on any atom is 0.328 e. The molecule has 88 valence electrons. The molecule has 0 aromatic rings. The first-order valence-corrected chi connectivity index (χ1v) is 5.48. The minimum Gasteiger partial charge on any atom is -0.467 e. The molecule has 1 N–H and O–H groups in total. The van der Waals surface area contributed by atoms with Crippen LogP contribution >= 0.6 is 0 Å². The molecule has 1 unspecified atom stereocenters. The summed E-state index contributed by atoms with van der Waals surface area (Å²) in [5.41, 5.74) is 0. The van der Waals surface area contributed by atoms with E-state index in [1.807, 2.05) is 20.8 Å². The smallest absolute Gasteiger partial charge is 0.328 e. The largest absolute Gasteiger partial charge is 0.467 e. The number of amides is 1. The molecule has 0 aromatic carbocycles. The van der Waals surface area contributed by atoms with Gasteiger partial charge < -0.3 is 10.1 Å². The van der Waals surface area contributed by atoms with E-state index in [-0.39, 0.29) is 17.8 Å². The molecule has 4 heteroatoms. The average molecular weight is 215 g/mol. The van der Waals surface area contributed by atoms with Crippen LogP contribution in [-0.4, -0.2) is 25.0 Å². The Hall–Kier alpha value is -1.06. The lowest BCUT2D eigenvalue weighted by molar-refractivity contribution is -0.145. The lowest BCUT2D eigenvalue weighted by atomic mass is 10.0. The molecular formula is C11H21NO3. The minimum absolute atomic E-state index is 0.0105. The molecule has 0 aliphatic rings. The van der Waals surface area contributed by atoms with Crippen LogP contribution in [0, 0.1) is 5.92 Å². The zero-order chi connectivity index (χ0) is 11.8. The Morgan fingerprint density at radius 1 is 1.13 bits per heavy atom. The Bertz CT molecular complexity index is 212. The van der Waals surface area contributed by atoms with E-state index in [0.717, 1.165) is 12.8 Å². The van der Waals surface area contributed by atoms with Crippen LogP contribution < -0.4 is 5.32 Å². The van der Waals surface area contributed by atoms with Crippen LogP contribution in [0.4, 0.5) is 0 Å². The van der Waals surface area contributed by atoms with Crippen LogP contribution in [0.15, 0.2) is 0 Å². The molecule has 1 amide bonds. The Morgan fingerprint density at radius 2 is 1.67 bits per heavy atom. The van der Waals surface area contributed by atoms with Crippen LogP contribution in [0.2, 0.25) is 0 Å². The second-order valence-corrected chi connectivity index (χ2v) is 3.51. The van der Waals surface area contributed by atoms with Crippen molar-refractivity contribution in [2.45, 2.75) is 46.1 Å². The molecule has 0 saturated carbocycles. The van der Waals surface area contributed by atoms with Crippen LogP contribution in [0.25, 0.3) is 0 Å². The van der Waals surface area contributed by atoms with Gasteiger partial charge >= 0.3 is 5.97 Å². The molecule has 0 aromatic heterocycles. The third-order valence-corrected chi connectivity index (χ3v) is 2.57. The van der Waals surface area contributed by atoms with Gasteiger partial charge in [-0.25, -0.2) is 4.79 Å². The van der Waals surface area contributed by atoms with Crippen molar-refractivity contribution in [2.24, 2.45) is 5.92 Å². The van der Waals surface area contributed by atoms with Crippen LogP contribution in [0.3, 0.4) is 0 Å². The molecule has 0 fully saturated rings. The highest BCUT2D eigenvalue weighted by molar-refractivity contribution is 5.85. The van der Waals surface area contributed by atoms with E-state index in [0.29, 0.717) is 6.42 Å². The van der Waals surface area contributed by atoms with Crippen molar-refractivity contribution in [1.82, 2.24) is 5.32 Å². The number of esters is 1. The molecule has 0 bridgehead atoms. The molecule has 15 heavy (non-hydrogen) atoms. The third kappa shape index (κ3) is 4.32. The molecular weight excluding hydrogens is 194 g/mol. The quantitative estimate of drug-likeness (QED) is 0.683. The van der Waals surface area contributed by atoms with Gasteiger partial charge in [0.1, 0.15) is 6.04 Å². The van der Waals surface area contributed by atoms with Gasteiger partial charge in [0.15, 0.2) is 0 Å². The summed E-state index contributed by atoms with van der Waals surface area (Å²) >= 11 is 0. The van der Waals surface area contributed by atoms with Gasteiger partial charge in [0, 0.05) is 5.92 Å². The van der Waals surface area contributed by atoms with Gasteiger partial charge in [0.25, 0.3) is 0 Å². The molecule has 0 aliphatic heterocycles. The van der Waals surface area contributed by atoms with Crippen LogP contribution in [0.5, 0.6) is 0 Å². The standard InChI is InChI=1S/C11H21NO3/c1-5-8(6-2)10(13)12-9(7-3)11(14)15-4/h8-9H,5-7H2,1-4H3,(H,12,13). The lowest BCUT2D eigenvalue weighted by Crippen LogP contribution is -2.43. The maximum absolute atomic E-state index is 11.7. The summed E-state index contributed by atoms with van der Waals surface area (Å²) in [7, 11) is 1.33. The van der Waals surface area contributed by atoms with Crippen molar-refractivity contribution in [3.05, 3.63) is 0 Å². The monoisotopic (exact) mass is 215 g/mol. The van der Waals surface area contributed by atoms with E-state index in [1.165, 1.54) is 7.11 Å². The van der Waals surface area contributed by atoms with Crippen molar-refractivity contribution in [1.29, 1.82) is 0 Å². The zero-order valence-electron chi connectivity index (χ0n) is 10.0. The first kappa shape index (κ1) is 13.9. The molecule has 0 saturated heterocycles. The predicted molar refractivity (Wildman–Crippen MR) is 58.3 cm³/mol. The Labute approximate surface area is 91.4 Å². The van der Waals surface area contributed by atoms with Gasteiger partial charge in [-0.3, -0.25) is 4.79 Å². The Kier molecular flexibility index (Phi) is 6.75. The van der Waals surface area contributed by atoms with Gasteiger partial charge in [0.2, 0.25) is 5.91 Å². The van der Waals surface area contributed by atoms with Crippen molar-refractivity contribution < 1.29 is 14.3 Å². The Morgan fingerprint density at radius 3 is 2.00 bits per heavy atom. The third-order valence-electron chi connectivity index (χ3n) is 2.57. The summed E-state index contributed by atoms with van der Waals surface area (Å²) in [6.45, 7) is 5.77. The summed E-state index contributed by atoms with van der Waals surface area (Å²) in [5.74, 6) is -0.447. The van der Waals surface area contributed by atoms with E-state index >= 15 is 0 Å². The minimum atomic E-state index is -0.511. The highest BCUT2D eigenvalue weighted by Crippen LogP contribution is 2.08. The highest BCUT2D eigenvalue weighted by atomic mass is 16.5. The van der Waals surface area contributed by atoms with Crippen LogP contribution in [0.1, 0.15) is 40.0 Å². The number of carbonyl (C=O) groups is 2. The molecule has 1 atom stereocenters. The zero-order valence-corrected chi connectivity index (χ0v) is 10.0. The number of nitrogens with one attached hydrogen (secondary N) is 1. The first-order chi connectivity index (χ1) is 7.10. The second kappa shape index (κ2) is 7.26. The van der Waals surface area contributed by atoms with Crippen molar-refractivity contribution in [2.75, 3.05) is 7.11 Å². The van der Waals surface area contributed by atoms with Gasteiger partial charge in [-0.2, -0.15) is 0 Å². The fraction of sp³-hybridized carbons (Fsp3) is 0.818. The van der Waals surface area contributed by atoms with E-state index in [4.69, 9.17) is 0 Å². The predicted octanol–water partition coefficient (Wildman–Crippen LogP) is 1.49. The number of hydrogen-bond acceptors (Lipinski definition) is 3. The average Bonchev–Trinajstić information content (AvgIpc) is 2.26. The summed E-state index contributed by atoms with van der Waals surface area (Å²) in [6.07, 6.45) is 2.14. The van der Waals surface area contributed by atoms with Crippen LogP contribution in [-0.2, 0) is 14.3 Å². The van der Waals surface area contributed by atoms with Gasteiger partial charge in [-0.1, -0.05) is 20.8 Å². The fourth-order valence-corrected chi connectivity index (χ4v) is 1.42. The molecule has 0 aliphatic carbocycles. The number of rotatable bonds is 6. The van der Waals surface area contributed by atoms with Crippen molar-refractivity contribution in [3.63, 3.8) is 0 Å². The maximum atomic E-state index is 11.7. The van der Waals surface area contributed by atoms with Crippen molar-refractivity contribution in [3.8, 4) is 0 Å². The second-order valence-electron chi connectivity index (χ2n) is 3.51. The lowest BCUT2D eigenvalue weighted by Gasteiger charge is -2.18. The Balaban J connectivity index is 4.29. The molecule has 0 heterocycles. The number of carbonyl (C=O) groups excluding carboxylic acids is 2. The normalized spacial score (nSPS) is 12.3. The van der Waals surface area contributed by atoms with E-state index in [2.05, 4.69) is 10.1 Å².